The lowest BCUT2D eigenvalue weighted by molar-refractivity contribution is -0.130. The lowest BCUT2D eigenvalue weighted by Crippen LogP contribution is -2.48. The molecule has 1 aromatic carbocycles. The van der Waals surface area contributed by atoms with Crippen molar-refractivity contribution in [1.29, 1.82) is 0 Å². The van der Waals surface area contributed by atoms with E-state index in [1.54, 1.807) is 0 Å². The molecule has 0 saturated carbocycles. The van der Waals surface area contributed by atoms with E-state index >= 15 is 0 Å². The minimum absolute atomic E-state index is 0. The topological polar surface area (TPSA) is 59.6 Å². The molecule has 19 heavy (non-hydrogen) atoms. The van der Waals surface area contributed by atoms with Crippen LogP contribution in [0.3, 0.4) is 0 Å². The summed E-state index contributed by atoms with van der Waals surface area (Å²) < 4.78 is 11.2. The van der Waals surface area contributed by atoms with E-state index < -0.39 is 6.10 Å². The van der Waals surface area contributed by atoms with Crippen LogP contribution < -0.4 is 20.1 Å². The molecular formula is C13H17ClN2O3. The van der Waals surface area contributed by atoms with Crippen LogP contribution in [0.25, 0.3) is 0 Å². The molecular weight excluding hydrogens is 268 g/mol. The minimum Gasteiger partial charge on any atom is -0.485 e. The predicted octanol–water partition coefficient (Wildman–Crippen LogP) is 0.726. The third-order valence-corrected chi connectivity index (χ3v) is 3.21. The van der Waals surface area contributed by atoms with Crippen molar-refractivity contribution in [2.75, 3.05) is 19.7 Å². The standard InChI is InChI=1S/C13H16N2O3.ClH/c16-13(15-9-5-6-14-7-9)12-8-17-10-3-1-2-4-11(10)18-12;/h1-4,9,12,14H,5-8H2,(H,15,16);1H/t9-,12?;/m1./s1. The molecule has 1 aromatic rings. The molecule has 104 valence electrons. The van der Waals surface area contributed by atoms with Crippen LogP contribution in [0.15, 0.2) is 24.3 Å². The van der Waals surface area contributed by atoms with Gasteiger partial charge in [-0.1, -0.05) is 12.1 Å². The van der Waals surface area contributed by atoms with E-state index in [0.29, 0.717) is 11.5 Å². The average Bonchev–Trinajstić information content (AvgIpc) is 2.91. The normalized spacial score (nSPS) is 24.4. The van der Waals surface area contributed by atoms with Gasteiger partial charge < -0.3 is 20.1 Å². The van der Waals surface area contributed by atoms with Crippen LogP contribution in [-0.2, 0) is 4.79 Å². The highest BCUT2D eigenvalue weighted by Gasteiger charge is 2.29. The molecule has 0 spiro atoms. The van der Waals surface area contributed by atoms with Crippen molar-refractivity contribution < 1.29 is 14.3 Å². The molecule has 3 rings (SSSR count). The van der Waals surface area contributed by atoms with E-state index in [4.69, 9.17) is 9.47 Å². The summed E-state index contributed by atoms with van der Waals surface area (Å²) in [5, 5.41) is 6.18. The molecule has 2 N–H and O–H groups in total. The van der Waals surface area contributed by atoms with Crippen molar-refractivity contribution in [3.8, 4) is 11.5 Å². The Morgan fingerprint density at radius 2 is 2.11 bits per heavy atom. The minimum atomic E-state index is -0.555. The van der Waals surface area contributed by atoms with Gasteiger partial charge in [0.1, 0.15) is 6.61 Å². The van der Waals surface area contributed by atoms with Crippen LogP contribution in [0.2, 0.25) is 0 Å². The fraction of sp³-hybridized carbons (Fsp3) is 0.462. The molecule has 6 heteroatoms. The van der Waals surface area contributed by atoms with Crippen molar-refractivity contribution >= 4 is 18.3 Å². The summed E-state index contributed by atoms with van der Waals surface area (Å²) >= 11 is 0. The fourth-order valence-corrected chi connectivity index (χ4v) is 2.22. The zero-order valence-electron chi connectivity index (χ0n) is 10.4. The van der Waals surface area contributed by atoms with Crippen molar-refractivity contribution in [3.05, 3.63) is 24.3 Å². The number of hydrogen-bond acceptors (Lipinski definition) is 4. The Bertz CT molecular complexity index is 449. The second-order valence-electron chi connectivity index (χ2n) is 4.56. The smallest absolute Gasteiger partial charge is 0.264 e. The molecule has 2 aliphatic heterocycles. The highest BCUT2D eigenvalue weighted by atomic mass is 35.5. The highest BCUT2D eigenvalue weighted by Crippen LogP contribution is 2.30. The second kappa shape index (κ2) is 6.12. The summed E-state index contributed by atoms with van der Waals surface area (Å²) in [5.74, 6) is 1.23. The molecule has 5 nitrogen and oxygen atoms in total. The Balaban J connectivity index is 0.00000133. The number of carbonyl (C=O) groups excluding carboxylic acids is 1. The number of ether oxygens (including phenoxy) is 2. The van der Waals surface area contributed by atoms with E-state index in [1.807, 2.05) is 24.3 Å². The number of halogens is 1. The summed E-state index contributed by atoms with van der Waals surface area (Å²) in [6, 6.07) is 7.60. The Labute approximate surface area is 118 Å². The zero-order valence-corrected chi connectivity index (χ0v) is 11.2. The highest BCUT2D eigenvalue weighted by molar-refractivity contribution is 5.85. The van der Waals surface area contributed by atoms with Gasteiger partial charge in [0.25, 0.3) is 5.91 Å². The first kappa shape index (κ1) is 14.0. The number of amides is 1. The van der Waals surface area contributed by atoms with Gasteiger partial charge in [-0.05, 0) is 25.1 Å². The summed E-state index contributed by atoms with van der Waals surface area (Å²) in [4.78, 5) is 12.0. The van der Waals surface area contributed by atoms with E-state index in [0.717, 1.165) is 19.5 Å². The molecule has 2 aliphatic rings. The molecule has 1 fully saturated rings. The predicted molar refractivity (Wildman–Crippen MR) is 73.0 cm³/mol. The third kappa shape index (κ3) is 3.11. The van der Waals surface area contributed by atoms with Gasteiger partial charge in [0.05, 0.1) is 0 Å². The maximum Gasteiger partial charge on any atom is 0.264 e. The SMILES string of the molecule is Cl.O=C(N[C@@H]1CCNC1)C1COc2ccccc2O1. The molecule has 0 bridgehead atoms. The van der Waals surface area contributed by atoms with Crippen molar-refractivity contribution in [2.24, 2.45) is 0 Å². The second-order valence-corrected chi connectivity index (χ2v) is 4.56. The zero-order chi connectivity index (χ0) is 12.4. The number of carbonyl (C=O) groups is 1. The number of para-hydroxylation sites is 2. The first-order valence-corrected chi connectivity index (χ1v) is 6.22. The summed E-state index contributed by atoms with van der Waals surface area (Å²) in [6.45, 7) is 2.05. The van der Waals surface area contributed by atoms with E-state index in [2.05, 4.69) is 10.6 Å². The van der Waals surface area contributed by atoms with Crippen molar-refractivity contribution in [3.63, 3.8) is 0 Å². The van der Waals surface area contributed by atoms with Gasteiger partial charge in [-0.2, -0.15) is 0 Å². The molecule has 0 aliphatic carbocycles. The van der Waals surface area contributed by atoms with Crippen LogP contribution >= 0.6 is 12.4 Å². The van der Waals surface area contributed by atoms with Crippen molar-refractivity contribution in [1.82, 2.24) is 10.6 Å². The molecule has 0 aromatic heterocycles. The lowest BCUT2D eigenvalue weighted by atomic mass is 10.2. The van der Waals surface area contributed by atoms with Crippen LogP contribution in [-0.4, -0.2) is 37.7 Å². The van der Waals surface area contributed by atoms with E-state index in [1.165, 1.54) is 0 Å². The Morgan fingerprint density at radius 1 is 1.32 bits per heavy atom. The molecule has 2 heterocycles. The average molecular weight is 285 g/mol. The van der Waals surface area contributed by atoms with Gasteiger partial charge in [0.15, 0.2) is 11.5 Å². The fourth-order valence-electron chi connectivity index (χ4n) is 2.22. The number of benzene rings is 1. The molecule has 2 atom stereocenters. The largest absolute Gasteiger partial charge is 0.485 e. The van der Waals surface area contributed by atoms with Crippen LogP contribution in [0.1, 0.15) is 6.42 Å². The number of rotatable bonds is 2. The van der Waals surface area contributed by atoms with Crippen LogP contribution in [0.4, 0.5) is 0 Å². The first-order chi connectivity index (χ1) is 8.83. The summed E-state index contributed by atoms with van der Waals surface area (Å²) in [7, 11) is 0. The van der Waals surface area contributed by atoms with Gasteiger partial charge >= 0.3 is 0 Å². The Morgan fingerprint density at radius 3 is 2.84 bits per heavy atom. The molecule has 0 radical (unpaired) electrons. The monoisotopic (exact) mass is 284 g/mol. The quantitative estimate of drug-likeness (QED) is 0.840. The lowest BCUT2D eigenvalue weighted by Gasteiger charge is -2.26. The maximum absolute atomic E-state index is 12.0. The number of fused-ring (bicyclic) bond motifs is 1. The number of hydrogen-bond donors (Lipinski definition) is 2. The summed E-state index contributed by atoms with van der Waals surface area (Å²) in [6.07, 6.45) is 0.413. The first-order valence-electron chi connectivity index (χ1n) is 6.22. The van der Waals surface area contributed by atoms with Gasteiger partial charge in [0, 0.05) is 12.6 Å². The van der Waals surface area contributed by atoms with Crippen LogP contribution in [0, 0.1) is 0 Å². The van der Waals surface area contributed by atoms with E-state index in [-0.39, 0.29) is 31.0 Å². The Kier molecular flexibility index (Phi) is 4.50. The van der Waals surface area contributed by atoms with Crippen LogP contribution in [0.5, 0.6) is 11.5 Å². The number of nitrogens with one attached hydrogen (secondary N) is 2. The third-order valence-electron chi connectivity index (χ3n) is 3.21. The maximum atomic E-state index is 12.0. The van der Waals surface area contributed by atoms with Gasteiger partial charge in [-0.25, -0.2) is 0 Å². The van der Waals surface area contributed by atoms with Gasteiger partial charge in [-0.3, -0.25) is 4.79 Å². The summed E-state index contributed by atoms with van der Waals surface area (Å²) in [5.41, 5.74) is 0. The molecule has 1 amide bonds. The van der Waals surface area contributed by atoms with E-state index in [9.17, 15) is 4.79 Å². The van der Waals surface area contributed by atoms with Crippen molar-refractivity contribution in [2.45, 2.75) is 18.6 Å². The van der Waals surface area contributed by atoms with Gasteiger partial charge in [0.2, 0.25) is 6.10 Å². The Hall–Kier alpha value is -1.46. The van der Waals surface area contributed by atoms with Gasteiger partial charge in [-0.15, -0.1) is 12.4 Å². The molecule has 1 saturated heterocycles. The molecule has 1 unspecified atom stereocenters.